The molecule has 1 aromatic carbocycles. The zero-order valence-corrected chi connectivity index (χ0v) is 11.7. The average molecular weight is 260 g/mol. The minimum Gasteiger partial charge on any atom is -0.461 e. The van der Waals surface area contributed by atoms with E-state index in [1.165, 1.54) is 0 Å². The number of hydrogen-bond donors (Lipinski definition) is 1. The predicted octanol–water partition coefficient (Wildman–Crippen LogP) is 2.17. The number of carbonyl (C=O) groups is 1. The molecule has 19 heavy (non-hydrogen) atoms. The second-order valence-corrected chi connectivity index (χ2v) is 4.75. The second kappa shape index (κ2) is 5.89. The van der Waals surface area contributed by atoms with Gasteiger partial charge in [0.05, 0.1) is 6.54 Å². The van der Waals surface area contributed by atoms with E-state index < -0.39 is 0 Å². The number of likely N-dealkylation sites (N-methyl/N-ethyl adjacent to an activating group) is 1. The lowest BCUT2D eigenvalue weighted by Gasteiger charge is -2.10. The van der Waals surface area contributed by atoms with E-state index in [0.29, 0.717) is 13.1 Å². The van der Waals surface area contributed by atoms with Gasteiger partial charge in [-0.25, -0.2) is 0 Å². The molecular formula is C15H20N2O2. The van der Waals surface area contributed by atoms with Gasteiger partial charge in [-0.2, -0.15) is 0 Å². The Morgan fingerprint density at radius 1 is 1.32 bits per heavy atom. The molecule has 0 atom stereocenters. The highest BCUT2D eigenvalue weighted by molar-refractivity contribution is 5.82. The maximum absolute atomic E-state index is 11.5. The SMILES string of the molecule is CCc1oc2ccccc2c1CNCC(=O)N(C)C. The van der Waals surface area contributed by atoms with Gasteiger partial charge in [-0.1, -0.05) is 25.1 Å². The lowest BCUT2D eigenvalue weighted by molar-refractivity contribution is -0.127. The van der Waals surface area contributed by atoms with Gasteiger partial charge in [0, 0.05) is 38.0 Å². The first-order valence-electron chi connectivity index (χ1n) is 6.53. The van der Waals surface area contributed by atoms with Crippen LogP contribution in [0.25, 0.3) is 11.0 Å². The lowest BCUT2D eigenvalue weighted by Crippen LogP contribution is -2.32. The predicted molar refractivity (Wildman–Crippen MR) is 76.0 cm³/mol. The summed E-state index contributed by atoms with van der Waals surface area (Å²) in [6.07, 6.45) is 0.854. The van der Waals surface area contributed by atoms with Crippen molar-refractivity contribution < 1.29 is 9.21 Å². The minimum atomic E-state index is 0.0749. The average Bonchev–Trinajstić information content (AvgIpc) is 2.76. The first-order valence-corrected chi connectivity index (χ1v) is 6.53. The van der Waals surface area contributed by atoms with Gasteiger partial charge in [0.15, 0.2) is 0 Å². The van der Waals surface area contributed by atoms with Gasteiger partial charge in [0.25, 0.3) is 0 Å². The third kappa shape index (κ3) is 2.96. The fourth-order valence-electron chi connectivity index (χ4n) is 2.08. The van der Waals surface area contributed by atoms with E-state index in [-0.39, 0.29) is 5.91 Å². The lowest BCUT2D eigenvalue weighted by atomic mass is 10.1. The Balaban J connectivity index is 2.13. The first-order chi connectivity index (χ1) is 9.13. The molecule has 0 aliphatic rings. The van der Waals surface area contributed by atoms with E-state index in [1.54, 1.807) is 19.0 Å². The van der Waals surface area contributed by atoms with Gasteiger partial charge in [0.1, 0.15) is 11.3 Å². The monoisotopic (exact) mass is 260 g/mol. The van der Waals surface area contributed by atoms with Crippen molar-refractivity contribution in [2.75, 3.05) is 20.6 Å². The Morgan fingerprint density at radius 2 is 2.05 bits per heavy atom. The van der Waals surface area contributed by atoms with E-state index in [2.05, 4.69) is 18.3 Å². The van der Waals surface area contributed by atoms with Crippen LogP contribution in [0.5, 0.6) is 0 Å². The molecule has 0 fully saturated rings. The Labute approximate surface area is 113 Å². The number of benzene rings is 1. The van der Waals surface area contributed by atoms with Crippen molar-refractivity contribution in [3.05, 3.63) is 35.6 Å². The molecule has 0 saturated carbocycles. The van der Waals surface area contributed by atoms with Crippen LogP contribution < -0.4 is 5.32 Å². The van der Waals surface area contributed by atoms with E-state index in [4.69, 9.17) is 4.42 Å². The van der Waals surface area contributed by atoms with E-state index in [1.807, 2.05) is 18.2 Å². The molecule has 1 N–H and O–H groups in total. The normalized spacial score (nSPS) is 10.9. The molecule has 1 aromatic heterocycles. The summed E-state index contributed by atoms with van der Waals surface area (Å²) in [6, 6.07) is 8.01. The summed E-state index contributed by atoms with van der Waals surface area (Å²) < 4.78 is 5.82. The zero-order chi connectivity index (χ0) is 13.8. The van der Waals surface area contributed by atoms with Gasteiger partial charge in [-0.3, -0.25) is 4.79 Å². The van der Waals surface area contributed by atoms with Crippen LogP contribution in [0.2, 0.25) is 0 Å². The molecule has 102 valence electrons. The summed E-state index contributed by atoms with van der Waals surface area (Å²) in [6.45, 7) is 3.07. The highest BCUT2D eigenvalue weighted by Crippen LogP contribution is 2.25. The van der Waals surface area contributed by atoms with Gasteiger partial charge in [-0.15, -0.1) is 0 Å². The van der Waals surface area contributed by atoms with Crippen LogP contribution in [-0.2, 0) is 17.8 Å². The van der Waals surface area contributed by atoms with Crippen molar-refractivity contribution in [3.8, 4) is 0 Å². The summed E-state index contributed by atoms with van der Waals surface area (Å²) in [5, 5.41) is 4.31. The largest absolute Gasteiger partial charge is 0.461 e. The van der Waals surface area contributed by atoms with Crippen LogP contribution in [-0.4, -0.2) is 31.4 Å². The highest BCUT2D eigenvalue weighted by Gasteiger charge is 2.12. The smallest absolute Gasteiger partial charge is 0.236 e. The van der Waals surface area contributed by atoms with Crippen LogP contribution in [0.3, 0.4) is 0 Å². The van der Waals surface area contributed by atoms with Gasteiger partial charge < -0.3 is 14.6 Å². The zero-order valence-electron chi connectivity index (χ0n) is 11.7. The molecule has 0 bridgehead atoms. The molecule has 4 heteroatoms. The van der Waals surface area contributed by atoms with Crippen LogP contribution in [0.15, 0.2) is 28.7 Å². The van der Waals surface area contributed by atoms with Crippen molar-refractivity contribution >= 4 is 16.9 Å². The number of nitrogens with one attached hydrogen (secondary N) is 1. The quantitative estimate of drug-likeness (QED) is 0.896. The van der Waals surface area contributed by atoms with E-state index in [9.17, 15) is 4.79 Å². The number of amides is 1. The number of rotatable bonds is 5. The van der Waals surface area contributed by atoms with Gasteiger partial charge >= 0.3 is 0 Å². The molecular weight excluding hydrogens is 240 g/mol. The van der Waals surface area contributed by atoms with Gasteiger partial charge in [-0.05, 0) is 6.07 Å². The molecule has 0 saturated heterocycles. The third-order valence-electron chi connectivity index (χ3n) is 3.18. The summed E-state index contributed by atoms with van der Waals surface area (Å²) in [5.74, 6) is 1.07. The first kappa shape index (κ1) is 13.6. The fourth-order valence-corrected chi connectivity index (χ4v) is 2.08. The summed E-state index contributed by atoms with van der Waals surface area (Å²) in [7, 11) is 3.52. The molecule has 0 unspecified atom stereocenters. The number of hydrogen-bond acceptors (Lipinski definition) is 3. The summed E-state index contributed by atoms with van der Waals surface area (Å²) >= 11 is 0. The van der Waals surface area contributed by atoms with Crippen molar-refractivity contribution in [3.63, 3.8) is 0 Å². The van der Waals surface area contributed by atoms with E-state index in [0.717, 1.165) is 28.7 Å². The summed E-state index contributed by atoms with van der Waals surface area (Å²) in [4.78, 5) is 13.1. The molecule has 1 amide bonds. The molecule has 0 spiro atoms. The van der Waals surface area contributed by atoms with Crippen molar-refractivity contribution in [2.24, 2.45) is 0 Å². The maximum Gasteiger partial charge on any atom is 0.236 e. The number of carbonyl (C=O) groups excluding carboxylic acids is 1. The number of nitrogens with zero attached hydrogens (tertiary/aromatic N) is 1. The van der Waals surface area contributed by atoms with Gasteiger partial charge in [0.2, 0.25) is 5.91 Å². The molecule has 0 radical (unpaired) electrons. The van der Waals surface area contributed by atoms with Crippen LogP contribution in [0.4, 0.5) is 0 Å². The van der Waals surface area contributed by atoms with Crippen LogP contribution in [0.1, 0.15) is 18.2 Å². The van der Waals surface area contributed by atoms with Crippen LogP contribution >= 0.6 is 0 Å². The number of aryl methyl sites for hydroxylation is 1. The number of furan rings is 1. The van der Waals surface area contributed by atoms with Crippen molar-refractivity contribution in [1.29, 1.82) is 0 Å². The summed E-state index contributed by atoms with van der Waals surface area (Å²) in [5.41, 5.74) is 2.07. The molecule has 2 rings (SSSR count). The Bertz CT molecular complexity index is 573. The molecule has 2 aromatic rings. The van der Waals surface area contributed by atoms with Crippen molar-refractivity contribution in [1.82, 2.24) is 10.2 Å². The Hall–Kier alpha value is -1.81. The molecule has 1 heterocycles. The van der Waals surface area contributed by atoms with E-state index >= 15 is 0 Å². The topological polar surface area (TPSA) is 45.5 Å². The highest BCUT2D eigenvalue weighted by atomic mass is 16.3. The molecule has 4 nitrogen and oxygen atoms in total. The third-order valence-corrected chi connectivity index (χ3v) is 3.18. The Morgan fingerprint density at radius 3 is 2.74 bits per heavy atom. The van der Waals surface area contributed by atoms with Crippen LogP contribution in [0, 0.1) is 0 Å². The second-order valence-electron chi connectivity index (χ2n) is 4.75. The van der Waals surface area contributed by atoms with Crippen molar-refractivity contribution in [2.45, 2.75) is 19.9 Å². The number of para-hydroxylation sites is 1. The number of fused-ring (bicyclic) bond motifs is 1. The molecule has 0 aliphatic heterocycles. The Kier molecular flexibility index (Phi) is 4.22. The fraction of sp³-hybridized carbons (Fsp3) is 0.400. The minimum absolute atomic E-state index is 0.0749. The molecule has 0 aliphatic carbocycles. The standard InChI is InChI=1S/C15H20N2O2/c1-4-13-12(9-16-10-15(18)17(2)3)11-7-5-6-8-14(11)19-13/h5-8,16H,4,9-10H2,1-3H3. The maximum atomic E-state index is 11.5.